The molecular formula is C10H13BrClNS. The first-order valence-electron chi connectivity index (χ1n) is 4.49. The molecule has 1 rings (SSSR count). The molecule has 0 N–H and O–H groups in total. The van der Waals surface area contributed by atoms with Crippen molar-refractivity contribution in [2.45, 2.75) is 24.3 Å². The highest BCUT2D eigenvalue weighted by Gasteiger charge is 2.02. The number of hydrogen-bond acceptors (Lipinski definition) is 2. The molecule has 1 aromatic heterocycles. The number of alkyl halides is 1. The number of rotatable bonds is 5. The number of thioether (sulfide) groups is 1. The second kappa shape index (κ2) is 6.70. The monoisotopic (exact) mass is 293 g/mol. The SMILES string of the molecule is CC(CCCl)SCc1cncc(Br)c1. The van der Waals surface area contributed by atoms with Crippen molar-refractivity contribution < 1.29 is 0 Å². The second-order valence-corrected chi connectivity index (χ2v) is 5.83. The minimum atomic E-state index is 0.617. The molecule has 0 bridgehead atoms. The van der Waals surface area contributed by atoms with Crippen LogP contribution in [0, 0.1) is 0 Å². The quantitative estimate of drug-likeness (QED) is 0.759. The minimum absolute atomic E-state index is 0.617. The van der Waals surface area contributed by atoms with E-state index in [9.17, 15) is 0 Å². The Balaban J connectivity index is 2.37. The smallest absolute Gasteiger partial charge is 0.0410 e. The van der Waals surface area contributed by atoms with Gasteiger partial charge in [0.1, 0.15) is 0 Å². The van der Waals surface area contributed by atoms with Crippen LogP contribution in [0.3, 0.4) is 0 Å². The predicted molar refractivity (Wildman–Crippen MR) is 68.0 cm³/mol. The first-order valence-corrected chi connectivity index (χ1v) is 6.87. The number of hydrogen-bond donors (Lipinski definition) is 0. The Labute approximate surface area is 103 Å². The molecule has 0 saturated heterocycles. The molecule has 0 radical (unpaired) electrons. The van der Waals surface area contributed by atoms with Gasteiger partial charge in [-0.25, -0.2) is 0 Å². The fraction of sp³-hybridized carbons (Fsp3) is 0.500. The topological polar surface area (TPSA) is 12.9 Å². The van der Waals surface area contributed by atoms with Gasteiger partial charge in [-0.05, 0) is 34.0 Å². The zero-order chi connectivity index (χ0) is 10.4. The summed E-state index contributed by atoms with van der Waals surface area (Å²) in [4.78, 5) is 4.12. The van der Waals surface area contributed by atoms with Gasteiger partial charge in [0.2, 0.25) is 0 Å². The maximum Gasteiger partial charge on any atom is 0.0410 e. The third-order valence-corrected chi connectivity index (χ3v) is 3.77. The second-order valence-electron chi connectivity index (χ2n) is 3.11. The van der Waals surface area contributed by atoms with Gasteiger partial charge < -0.3 is 0 Å². The molecule has 0 amide bonds. The maximum atomic E-state index is 5.67. The summed E-state index contributed by atoms with van der Waals surface area (Å²) < 4.78 is 1.04. The van der Waals surface area contributed by atoms with Crippen molar-refractivity contribution in [2.24, 2.45) is 0 Å². The maximum absolute atomic E-state index is 5.67. The normalized spacial score (nSPS) is 12.8. The van der Waals surface area contributed by atoms with Crippen LogP contribution < -0.4 is 0 Å². The molecule has 0 spiro atoms. The van der Waals surface area contributed by atoms with Gasteiger partial charge in [0, 0.05) is 33.7 Å². The molecule has 0 aromatic carbocycles. The highest BCUT2D eigenvalue weighted by molar-refractivity contribution is 9.10. The van der Waals surface area contributed by atoms with E-state index in [0.29, 0.717) is 5.25 Å². The average Bonchev–Trinajstić information content (AvgIpc) is 2.15. The highest BCUT2D eigenvalue weighted by Crippen LogP contribution is 2.21. The highest BCUT2D eigenvalue weighted by atomic mass is 79.9. The zero-order valence-electron chi connectivity index (χ0n) is 8.04. The van der Waals surface area contributed by atoms with Gasteiger partial charge in [-0.2, -0.15) is 11.8 Å². The van der Waals surface area contributed by atoms with Crippen molar-refractivity contribution in [1.29, 1.82) is 0 Å². The van der Waals surface area contributed by atoms with Gasteiger partial charge in [-0.1, -0.05) is 6.92 Å². The lowest BCUT2D eigenvalue weighted by Gasteiger charge is -2.08. The number of pyridine rings is 1. The number of aromatic nitrogens is 1. The first kappa shape index (κ1) is 12.3. The molecule has 0 saturated carbocycles. The molecule has 4 heteroatoms. The van der Waals surface area contributed by atoms with Gasteiger partial charge in [-0.15, -0.1) is 11.6 Å². The Kier molecular flexibility index (Phi) is 5.90. The van der Waals surface area contributed by atoms with E-state index < -0.39 is 0 Å². The van der Waals surface area contributed by atoms with Crippen molar-refractivity contribution in [3.05, 3.63) is 28.5 Å². The molecule has 0 aliphatic carbocycles. The van der Waals surface area contributed by atoms with Crippen LogP contribution in [-0.2, 0) is 5.75 Å². The summed E-state index contributed by atoms with van der Waals surface area (Å²) in [7, 11) is 0. The van der Waals surface area contributed by atoms with E-state index in [0.717, 1.165) is 22.5 Å². The van der Waals surface area contributed by atoms with E-state index in [1.165, 1.54) is 5.56 Å². The summed E-state index contributed by atoms with van der Waals surface area (Å²) in [5.41, 5.74) is 1.26. The van der Waals surface area contributed by atoms with E-state index in [4.69, 9.17) is 11.6 Å². The standard InChI is InChI=1S/C10H13BrClNS/c1-8(2-3-12)14-7-9-4-10(11)6-13-5-9/h4-6,8H,2-3,7H2,1H3. The van der Waals surface area contributed by atoms with Crippen LogP contribution in [0.1, 0.15) is 18.9 Å². The van der Waals surface area contributed by atoms with Crippen LogP contribution in [0.5, 0.6) is 0 Å². The van der Waals surface area contributed by atoms with Gasteiger partial charge in [-0.3, -0.25) is 4.98 Å². The lowest BCUT2D eigenvalue weighted by molar-refractivity contribution is 0.911. The van der Waals surface area contributed by atoms with Crippen LogP contribution in [0.4, 0.5) is 0 Å². The van der Waals surface area contributed by atoms with Gasteiger partial charge in [0.15, 0.2) is 0 Å². The minimum Gasteiger partial charge on any atom is -0.263 e. The van der Waals surface area contributed by atoms with Gasteiger partial charge in [0.25, 0.3) is 0 Å². The van der Waals surface area contributed by atoms with E-state index in [1.54, 1.807) is 6.20 Å². The molecule has 0 aliphatic rings. The van der Waals surface area contributed by atoms with Crippen LogP contribution >= 0.6 is 39.3 Å². The lowest BCUT2D eigenvalue weighted by atomic mass is 10.3. The zero-order valence-corrected chi connectivity index (χ0v) is 11.2. The Bertz CT molecular complexity index is 283. The molecule has 1 nitrogen and oxygen atoms in total. The molecule has 1 unspecified atom stereocenters. The van der Waals surface area contributed by atoms with E-state index in [-0.39, 0.29) is 0 Å². The Morgan fingerprint density at radius 3 is 3.00 bits per heavy atom. The van der Waals surface area contributed by atoms with Gasteiger partial charge >= 0.3 is 0 Å². The molecule has 0 aliphatic heterocycles. The molecule has 1 atom stereocenters. The third kappa shape index (κ3) is 4.67. The first-order chi connectivity index (χ1) is 6.72. The summed E-state index contributed by atoms with van der Waals surface area (Å²) >= 11 is 11.0. The van der Waals surface area contributed by atoms with Crippen molar-refractivity contribution in [1.82, 2.24) is 4.98 Å². The fourth-order valence-corrected chi connectivity index (χ4v) is 2.80. The lowest BCUT2D eigenvalue weighted by Crippen LogP contribution is -1.97. The molecule has 78 valence electrons. The van der Waals surface area contributed by atoms with Crippen LogP contribution in [0.25, 0.3) is 0 Å². The summed E-state index contributed by atoms with van der Waals surface area (Å²) in [6.45, 7) is 2.21. The Hall–Kier alpha value is 0.270. The summed E-state index contributed by atoms with van der Waals surface area (Å²) in [6, 6.07) is 2.10. The van der Waals surface area contributed by atoms with E-state index >= 15 is 0 Å². The molecule has 0 fully saturated rings. The van der Waals surface area contributed by atoms with E-state index in [2.05, 4.69) is 33.9 Å². The third-order valence-electron chi connectivity index (χ3n) is 1.81. The average molecular weight is 295 g/mol. The van der Waals surface area contributed by atoms with Gasteiger partial charge in [0.05, 0.1) is 0 Å². The largest absolute Gasteiger partial charge is 0.263 e. The van der Waals surface area contributed by atoms with E-state index in [1.807, 2.05) is 18.0 Å². The molecular weight excluding hydrogens is 282 g/mol. The Morgan fingerprint density at radius 1 is 1.57 bits per heavy atom. The van der Waals surface area contributed by atoms with Crippen LogP contribution in [-0.4, -0.2) is 16.1 Å². The molecule has 1 heterocycles. The van der Waals surface area contributed by atoms with Crippen molar-refractivity contribution in [3.63, 3.8) is 0 Å². The Morgan fingerprint density at radius 2 is 2.36 bits per heavy atom. The van der Waals surface area contributed by atoms with Crippen LogP contribution in [0.2, 0.25) is 0 Å². The summed E-state index contributed by atoms with van der Waals surface area (Å²) in [5.74, 6) is 1.75. The summed E-state index contributed by atoms with van der Waals surface area (Å²) in [6.07, 6.45) is 4.77. The predicted octanol–water partition coefficient (Wildman–Crippen LogP) is 4.09. The summed E-state index contributed by atoms with van der Waals surface area (Å²) in [5, 5.41) is 0.617. The van der Waals surface area contributed by atoms with Crippen LogP contribution in [0.15, 0.2) is 22.9 Å². The molecule has 14 heavy (non-hydrogen) atoms. The molecule has 1 aromatic rings. The number of nitrogens with zero attached hydrogens (tertiary/aromatic N) is 1. The van der Waals surface area contributed by atoms with Crippen molar-refractivity contribution >= 4 is 39.3 Å². The fourth-order valence-electron chi connectivity index (χ4n) is 1.01. The van der Waals surface area contributed by atoms with Crippen molar-refractivity contribution in [3.8, 4) is 0 Å². The van der Waals surface area contributed by atoms with Crippen molar-refractivity contribution in [2.75, 3.05) is 5.88 Å². The number of halogens is 2.